The highest BCUT2D eigenvalue weighted by Gasteiger charge is 2.33. The van der Waals surface area contributed by atoms with Crippen LogP contribution in [0.2, 0.25) is 0 Å². The van der Waals surface area contributed by atoms with E-state index in [0.717, 1.165) is 6.07 Å². The molecule has 2 rings (SSSR count). The van der Waals surface area contributed by atoms with Crippen LogP contribution in [-0.4, -0.2) is 49.6 Å². The van der Waals surface area contributed by atoms with Crippen LogP contribution in [0.1, 0.15) is 19.3 Å². The Morgan fingerprint density at radius 3 is 2.34 bits per heavy atom. The zero-order chi connectivity index (χ0) is 20.8. The van der Waals surface area contributed by atoms with Crippen LogP contribution in [0.5, 0.6) is 5.75 Å². The van der Waals surface area contributed by atoms with Crippen molar-refractivity contribution in [1.82, 2.24) is 4.90 Å². The van der Waals surface area contributed by atoms with Gasteiger partial charge < -0.3 is 15.8 Å². The van der Waals surface area contributed by atoms with E-state index in [1.165, 1.54) is 23.1 Å². The Labute approximate surface area is 181 Å². The molecule has 0 aromatic heterocycles. The van der Waals surface area contributed by atoms with E-state index in [0.29, 0.717) is 38.9 Å². The smallest absolute Gasteiger partial charge is 0.404 e. The summed E-state index contributed by atoms with van der Waals surface area (Å²) in [5, 5.41) is 2.57. The quantitative estimate of drug-likeness (QED) is 0.240. The molecule has 1 fully saturated rings. The van der Waals surface area contributed by atoms with E-state index in [1.54, 1.807) is 0 Å². The lowest BCUT2D eigenvalue weighted by atomic mass is 9.93. The topological polar surface area (TPSA) is 62.9 Å². The molecule has 1 aromatic carbocycles. The van der Waals surface area contributed by atoms with Crippen LogP contribution in [0.3, 0.4) is 0 Å². The van der Waals surface area contributed by atoms with Crippen LogP contribution < -0.4 is 15.8 Å². The van der Waals surface area contributed by atoms with Gasteiger partial charge in [-0.1, -0.05) is 12.1 Å². The molecule has 0 saturated carbocycles. The molecule has 0 atom stereocenters. The van der Waals surface area contributed by atoms with Crippen molar-refractivity contribution >= 4 is 35.6 Å². The summed E-state index contributed by atoms with van der Waals surface area (Å²) in [4.78, 5) is 5.46. The summed E-state index contributed by atoms with van der Waals surface area (Å²) in [5.41, 5.74) is 5.74. The maximum Gasteiger partial charge on any atom is 0.573 e. The number of aliphatic imine (C=N–C) groups is 1. The summed E-state index contributed by atoms with van der Waals surface area (Å²) in [5.74, 6) is -0.250. The van der Waals surface area contributed by atoms with Gasteiger partial charge in [0.05, 0.1) is 12.2 Å². The zero-order valence-electron chi connectivity index (χ0n) is 15.4. The van der Waals surface area contributed by atoms with E-state index in [1.807, 2.05) is 0 Å². The van der Waals surface area contributed by atoms with Crippen molar-refractivity contribution in [2.24, 2.45) is 16.6 Å². The Balaban J connectivity index is 0.00000420. The Hall–Kier alpha value is -1.44. The van der Waals surface area contributed by atoms with Gasteiger partial charge >= 0.3 is 12.5 Å². The molecule has 166 valence electrons. The summed E-state index contributed by atoms with van der Waals surface area (Å²) in [6.07, 6.45) is -7.10. The third-order valence-electron chi connectivity index (χ3n) is 4.31. The second-order valence-electron chi connectivity index (χ2n) is 6.56. The molecule has 1 saturated heterocycles. The molecule has 5 nitrogen and oxygen atoms in total. The fourth-order valence-corrected chi connectivity index (χ4v) is 3.02. The number of ether oxygens (including phenoxy) is 1. The average Bonchev–Trinajstić information content (AvgIpc) is 2.56. The van der Waals surface area contributed by atoms with Crippen molar-refractivity contribution < 1.29 is 31.1 Å². The predicted octanol–water partition coefficient (Wildman–Crippen LogP) is 4.59. The van der Waals surface area contributed by atoms with Crippen LogP contribution in [0, 0.1) is 5.92 Å². The summed E-state index contributed by atoms with van der Waals surface area (Å²) >= 11 is 0. The van der Waals surface area contributed by atoms with Crippen LogP contribution in [0.15, 0.2) is 29.3 Å². The molecule has 0 radical (unpaired) electrons. The molecular formula is C17H23F6IN4O. The van der Waals surface area contributed by atoms with Gasteiger partial charge in [-0.05, 0) is 50.4 Å². The normalized spacial score (nSPS) is 17.0. The molecule has 0 unspecified atom stereocenters. The molecule has 0 amide bonds. The lowest BCUT2D eigenvalue weighted by Crippen LogP contribution is -2.40. The fraction of sp³-hybridized carbons (Fsp3) is 0.588. The fourth-order valence-electron chi connectivity index (χ4n) is 3.02. The molecule has 3 N–H and O–H groups in total. The van der Waals surface area contributed by atoms with Gasteiger partial charge in [-0.25, -0.2) is 0 Å². The van der Waals surface area contributed by atoms with Gasteiger partial charge in [0, 0.05) is 6.54 Å². The number of para-hydroxylation sites is 2. The Bertz CT molecular complexity index is 660. The highest BCUT2D eigenvalue weighted by Crippen LogP contribution is 2.30. The third-order valence-corrected chi connectivity index (χ3v) is 4.31. The minimum absolute atomic E-state index is 0. The summed E-state index contributed by atoms with van der Waals surface area (Å²) in [6, 6.07) is 5.44. The van der Waals surface area contributed by atoms with Crippen molar-refractivity contribution in [3.8, 4) is 5.75 Å². The molecule has 12 heteroatoms. The number of halogens is 7. The Morgan fingerprint density at radius 2 is 1.76 bits per heavy atom. The lowest BCUT2D eigenvalue weighted by molar-refractivity contribution is -0.274. The predicted molar refractivity (Wildman–Crippen MR) is 108 cm³/mol. The van der Waals surface area contributed by atoms with E-state index in [2.05, 4.69) is 15.0 Å². The number of alkyl halides is 6. The van der Waals surface area contributed by atoms with E-state index in [9.17, 15) is 26.3 Å². The van der Waals surface area contributed by atoms with Crippen LogP contribution in [0.25, 0.3) is 0 Å². The minimum atomic E-state index is -4.83. The maximum atomic E-state index is 12.4. The van der Waals surface area contributed by atoms with Gasteiger partial charge in [-0.15, -0.1) is 37.1 Å². The number of nitrogens with zero attached hydrogens (tertiary/aromatic N) is 2. The largest absolute Gasteiger partial charge is 0.573 e. The summed E-state index contributed by atoms with van der Waals surface area (Å²) in [6.45, 7) is 0.187. The first kappa shape index (κ1) is 25.6. The second kappa shape index (κ2) is 11.1. The monoisotopic (exact) mass is 540 g/mol. The standard InChI is InChI=1S/C17H22F6N4O.HI/c18-16(19,20)11-27-9-6-12(7-10-27)5-8-25-15(24)26-13-3-1-2-4-14(13)28-17(21,22)23;/h1-4,12H,5-11H2,(H3,24,25,26);1H. The number of hydrogen-bond acceptors (Lipinski definition) is 3. The number of anilines is 1. The molecular weight excluding hydrogens is 517 g/mol. The molecule has 0 aliphatic carbocycles. The number of likely N-dealkylation sites (tertiary alicyclic amines) is 1. The highest BCUT2D eigenvalue weighted by atomic mass is 127. The number of piperidine rings is 1. The molecule has 1 aliphatic heterocycles. The Morgan fingerprint density at radius 1 is 1.14 bits per heavy atom. The van der Waals surface area contributed by atoms with Crippen molar-refractivity contribution in [1.29, 1.82) is 0 Å². The lowest BCUT2D eigenvalue weighted by Gasteiger charge is -2.32. The van der Waals surface area contributed by atoms with Crippen LogP contribution >= 0.6 is 24.0 Å². The van der Waals surface area contributed by atoms with Crippen molar-refractivity contribution in [3.63, 3.8) is 0 Å². The average molecular weight is 540 g/mol. The number of rotatable bonds is 6. The van der Waals surface area contributed by atoms with Crippen molar-refractivity contribution in [2.75, 3.05) is 31.5 Å². The van der Waals surface area contributed by atoms with E-state index in [4.69, 9.17) is 5.73 Å². The summed E-state index contributed by atoms with van der Waals surface area (Å²) < 4.78 is 78.3. The van der Waals surface area contributed by atoms with Gasteiger partial charge in [-0.2, -0.15) is 13.2 Å². The van der Waals surface area contributed by atoms with Gasteiger partial charge in [0.1, 0.15) is 0 Å². The van der Waals surface area contributed by atoms with Crippen LogP contribution in [-0.2, 0) is 0 Å². The SMILES string of the molecule is I.NC(=NCCC1CCN(CC(F)(F)F)CC1)Nc1ccccc1OC(F)(F)F. The molecule has 29 heavy (non-hydrogen) atoms. The number of benzene rings is 1. The molecule has 1 heterocycles. The number of nitrogens with one attached hydrogen (secondary N) is 1. The first-order chi connectivity index (χ1) is 13.0. The van der Waals surface area contributed by atoms with Crippen LogP contribution in [0.4, 0.5) is 32.0 Å². The zero-order valence-corrected chi connectivity index (χ0v) is 17.7. The van der Waals surface area contributed by atoms with E-state index < -0.39 is 24.8 Å². The number of guanidine groups is 1. The first-order valence-corrected chi connectivity index (χ1v) is 8.72. The minimum Gasteiger partial charge on any atom is -0.404 e. The van der Waals surface area contributed by atoms with Crippen molar-refractivity contribution in [3.05, 3.63) is 24.3 Å². The van der Waals surface area contributed by atoms with Gasteiger partial charge in [-0.3, -0.25) is 9.89 Å². The molecule has 1 aliphatic rings. The number of hydrogen-bond donors (Lipinski definition) is 2. The Kier molecular flexibility index (Phi) is 9.79. The molecule has 1 aromatic rings. The van der Waals surface area contributed by atoms with Gasteiger partial charge in [0.2, 0.25) is 0 Å². The first-order valence-electron chi connectivity index (χ1n) is 8.72. The van der Waals surface area contributed by atoms with Gasteiger partial charge in [0.25, 0.3) is 0 Å². The van der Waals surface area contributed by atoms with Crippen molar-refractivity contribution in [2.45, 2.75) is 31.8 Å². The number of nitrogens with two attached hydrogens (primary N) is 1. The highest BCUT2D eigenvalue weighted by molar-refractivity contribution is 14.0. The maximum absolute atomic E-state index is 12.4. The van der Waals surface area contributed by atoms with E-state index >= 15 is 0 Å². The molecule has 0 bridgehead atoms. The molecule has 0 spiro atoms. The van der Waals surface area contributed by atoms with Gasteiger partial charge in [0.15, 0.2) is 11.7 Å². The third kappa shape index (κ3) is 10.2. The van der Waals surface area contributed by atoms with E-state index in [-0.39, 0.29) is 41.5 Å². The summed E-state index contributed by atoms with van der Waals surface area (Å²) in [7, 11) is 0. The second-order valence-corrected chi connectivity index (χ2v) is 6.56.